The molecule has 0 bridgehead atoms. The molecule has 1 aliphatic rings. The molecule has 2 amide bonds. The molecule has 7 heteroatoms. The first-order chi connectivity index (χ1) is 15.5. The number of ether oxygens (including phenoxy) is 2. The smallest absolute Gasteiger partial charge is 0.270 e. The van der Waals surface area contributed by atoms with Gasteiger partial charge >= 0.3 is 0 Å². The van der Waals surface area contributed by atoms with E-state index in [1.807, 2.05) is 30.3 Å². The van der Waals surface area contributed by atoms with Crippen LogP contribution in [0.5, 0.6) is 11.5 Å². The third kappa shape index (κ3) is 3.98. The van der Waals surface area contributed by atoms with E-state index in [9.17, 15) is 9.59 Å². The van der Waals surface area contributed by atoms with Crippen LogP contribution < -0.4 is 19.3 Å². The second-order valence-corrected chi connectivity index (χ2v) is 7.30. The van der Waals surface area contributed by atoms with Crippen molar-refractivity contribution in [2.45, 2.75) is 0 Å². The molecule has 1 aliphatic heterocycles. The van der Waals surface area contributed by atoms with Crippen molar-refractivity contribution in [3.63, 3.8) is 0 Å². The maximum absolute atomic E-state index is 13.5. The number of methoxy groups -OCH3 is 2. The molecule has 0 radical (unpaired) electrons. The SMILES string of the molecule is COc1cccc(N2C(=O)C(=Cc3ccccc3)C(=O)N(c3cccc(OC)c3)C2=S)c1. The zero-order valence-electron chi connectivity index (χ0n) is 17.5. The zero-order chi connectivity index (χ0) is 22.7. The standard InChI is InChI=1S/C25H20N2O4S/c1-30-20-12-6-10-18(15-20)26-23(28)22(14-17-8-4-3-5-9-17)24(29)27(25(26)32)19-11-7-13-21(16-19)31-2/h3-16H,1-2H3. The summed E-state index contributed by atoms with van der Waals surface area (Å²) in [5.74, 6) is 0.126. The quantitative estimate of drug-likeness (QED) is 0.331. The summed E-state index contributed by atoms with van der Waals surface area (Å²) in [6.07, 6.45) is 1.58. The van der Waals surface area contributed by atoms with Crippen molar-refractivity contribution in [2.75, 3.05) is 24.0 Å². The van der Waals surface area contributed by atoms with Crippen molar-refractivity contribution in [1.29, 1.82) is 0 Å². The monoisotopic (exact) mass is 444 g/mol. The molecule has 0 aliphatic carbocycles. The van der Waals surface area contributed by atoms with Crippen LogP contribution in [0.1, 0.15) is 5.56 Å². The van der Waals surface area contributed by atoms with Gasteiger partial charge in [0.2, 0.25) is 0 Å². The Labute approximate surface area is 191 Å². The van der Waals surface area contributed by atoms with Gasteiger partial charge in [-0.25, -0.2) is 0 Å². The molecule has 1 fully saturated rings. The molecule has 0 spiro atoms. The Hall–Kier alpha value is -3.97. The zero-order valence-corrected chi connectivity index (χ0v) is 18.3. The van der Waals surface area contributed by atoms with E-state index < -0.39 is 11.8 Å². The van der Waals surface area contributed by atoms with E-state index in [0.717, 1.165) is 5.56 Å². The molecule has 0 unspecified atom stereocenters. The molecular formula is C25H20N2O4S. The fourth-order valence-corrected chi connectivity index (χ4v) is 3.78. The molecule has 32 heavy (non-hydrogen) atoms. The van der Waals surface area contributed by atoms with Gasteiger partial charge in [0, 0.05) is 12.1 Å². The largest absolute Gasteiger partial charge is 0.497 e. The summed E-state index contributed by atoms with van der Waals surface area (Å²) in [5, 5.41) is 0.0479. The van der Waals surface area contributed by atoms with E-state index in [0.29, 0.717) is 22.9 Å². The Balaban J connectivity index is 1.88. The fraction of sp³-hybridized carbons (Fsp3) is 0.0800. The summed E-state index contributed by atoms with van der Waals surface area (Å²) in [6.45, 7) is 0. The minimum Gasteiger partial charge on any atom is -0.497 e. The van der Waals surface area contributed by atoms with E-state index in [2.05, 4.69) is 0 Å². The molecule has 0 N–H and O–H groups in total. The van der Waals surface area contributed by atoms with Crippen molar-refractivity contribution in [1.82, 2.24) is 0 Å². The molecule has 160 valence electrons. The fourth-order valence-electron chi connectivity index (χ4n) is 3.40. The average molecular weight is 445 g/mol. The predicted octanol–water partition coefficient (Wildman–Crippen LogP) is 4.45. The highest BCUT2D eigenvalue weighted by molar-refractivity contribution is 7.81. The second-order valence-electron chi connectivity index (χ2n) is 6.94. The summed E-state index contributed by atoms with van der Waals surface area (Å²) in [5.41, 5.74) is 1.72. The van der Waals surface area contributed by atoms with Gasteiger partial charge in [-0.3, -0.25) is 19.4 Å². The highest BCUT2D eigenvalue weighted by Crippen LogP contribution is 2.32. The predicted molar refractivity (Wildman–Crippen MR) is 128 cm³/mol. The van der Waals surface area contributed by atoms with Gasteiger partial charge < -0.3 is 9.47 Å². The van der Waals surface area contributed by atoms with Gasteiger partial charge in [-0.1, -0.05) is 42.5 Å². The van der Waals surface area contributed by atoms with Gasteiger partial charge in [-0.2, -0.15) is 0 Å². The van der Waals surface area contributed by atoms with Crippen LogP contribution in [0.4, 0.5) is 11.4 Å². The van der Waals surface area contributed by atoms with Gasteiger partial charge in [0.25, 0.3) is 11.8 Å². The first-order valence-corrected chi connectivity index (χ1v) is 10.2. The number of nitrogens with zero attached hydrogens (tertiary/aromatic N) is 2. The maximum Gasteiger partial charge on any atom is 0.270 e. The summed E-state index contributed by atoms with van der Waals surface area (Å²) < 4.78 is 10.6. The third-order valence-corrected chi connectivity index (χ3v) is 5.35. The normalized spacial score (nSPS) is 13.9. The van der Waals surface area contributed by atoms with Crippen LogP contribution in [-0.2, 0) is 9.59 Å². The first kappa shape index (κ1) is 21.3. The summed E-state index contributed by atoms with van der Waals surface area (Å²) >= 11 is 5.64. The Morgan fingerprint density at radius 3 is 1.69 bits per heavy atom. The van der Waals surface area contributed by atoms with E-state index in [4.69, 9.17) is 21.7 Å². The number of hydrogen-bond acceptors (Lipinski definition) is 5. The molecular weight excluding hydrogens is 424 g/mol. The molecule has 4 rings (SSSR count). The lowest BCUT2D eigenvalue weighted by molar-refractivity contribution is -0.120. The van der Waals surface area contributed by atoms with Gasteiger partial charge in [-0.05, 0) is 48.1 Å². The van der Waals surface area contributed by atoms with Crippen molar-refractivity contribution in [2.24, 2.45) is 0 Å². The summed E-state index contributed by atoms with van der Waals surface area (Å²) in [6, 6.07) is 23.1. The maximum atomic E-state index is 13.5. The second kappa shape index (κ2) is 9.03. The van der Waals surface area contributed by atoms with Gasteiger partial charge in [0.05, 0.1) is 25.6 Å². The number of benzene rings is 3. The summed E-state index contributed by atoms with van der Waals surface area (Å²) in [7, 11) is 3.09. The molecule has 3 aromatic rings. The molecule has 0 atom stereocenters. The Bertz CT molecular complexity index is 1150. The third-order valence-electron chi connectivity index (χ3n) is 4.98. The van der Waals surface area contributed by atoms with Crippen molar-refractivity contribution >= 4 is 46.6 Å². The van der Waals surface area contributed by atoms with E-state index in [-0.39, 0.29) is 10.7 Å². The van der Waals surface area contributed by atoms with Crippen molar-refractivity contribution < 1.29 is 19.1 Å². The number of thiocarbonyl (C=S) groups is 1. The average Bonchev–Trinajstić information content (AvgIpc) is 2.83. The minimum absolute atomic E-state index is 0.00422. The highest BCUT2D eigenvalue weighted by atomic mass is 32.1. The van der Waals surface area contributed by atoms with Crippen LogP contribution in [0.3, 0.4) is 0 Å². The van der Waals surface area contributed by atoms with Crippen LogP contribution in [0.2, 0.25) is 0 Å². The van der Waals surface area contributed by atoms with Gasteiger partial charge in [0.1, 0.15) is 17.1 Å². The van der Waals surface area contributed by atoms with Gasteiger partial charge in [0.15, 0.2) is 5.11 Å². The van der Waals surface area contributed by atoms with Crippen LogP contribution in [0.25, 0.3) is 6.08 Å². The van der Waals surface area contributed by atoms with Crippen molar-refractivity contribution in [3.05, 3.63) is 90.0 Å². The highest BCUT2D eigenvalue weighted by Gasteiger charge is 2.41. The Morgan fingerprint density at radius 2 is 1.22 bits per heavy atom. The van der Waals surface area contributed by atoms with E-state index in [1.54, 1.807) is 68.8 Å². The Morgan fingerprint density at radius 1 is 0.719 bits per heavy atom. The first-order valence-electron chi connectivity index (χ1n) is 9.81. The summed E-state index contributed by atoms with van der Waals surface area (Å²) in [4.78, 5) is 29.7. The van der Waals surface area contributed by atoms with E-state index in [1.165, 1.54) is 9.80 Å². The van der Waals surface area contributed by atoms with Crippen molar-refractivity contribution in [3.8, 4) is 11.5 Å². The number of hydrogen-bond donors (Lipinski definition) is 0. The number of anilines is 2. The van der Waals surface area contributed by atoms with Crippen LogP contribution in [0, 0.1) is 0 Å². The minimum atomic E-state index is -0.503. The molecule has 1 saturated heterocycles. The molecule has 0 saturated carbocycles. The van der Waals surface area contributed by atoms with Crippen LogP contribution >= 0.6 is 12.2 Å². The molecule has 0 aromatic heterocycles. The molecule has 6 nitrogen and oxygen atoms in total. The lowest BCUT2D eigenvalue weighted by Crippen LogP contribution is -2.56. The Kier molecular flexibility index (Phi) is 6.00. The molecule has 3 aromatic carbocycles. The van der Waals surface area contributed by atoms with Gasteiger partial charge in [-0.15, -0.1) is 0 Å². The lowest BCUT2D eigenvalue weighted by atomic mass is 10.0. The number of carbonyl (C=O) groups excluding carboxylic acids is 2. The van der Waals surface area contributed by atoms with Crippen LogP contribution in [-0.4, -0.2) is 31.1 Å². The lowest BCUT2D eigenvalue weighted by Gasteiger charge is -2.36. The molecule has 1 heterocycles. The van der Waals surface area contributed by atoms with E-state index >= 15 is 0 Å². The number of amides is 2. The topological polar surface area (TPSA) is 59.1 Å². The number of rotatable bonds is 5. The van der Waals surface area contributed by atoms with Crippen LogP contribution in [0.15, 0.2) is 84.4 Å². The number of carbonyl (C=O) groups is 2.